The zero-order chi connectivity index (χ0) is 19.0. The van der Waals surface area contributed by atoms with Gasteiger partial charge in [-0.15, -0.1) is 0 Å². The largest absolute Gasteiger partial charge is 0.492 e. The average Bonchev–Trinajstić information content (AvgIpc) is 3.30. The second-order valence-corrected chi connectivity index (χ2v) is 6.69. The van der Waals surface area contributed by atoms with Crippen molar-refractivity contribution < 1.29 is 10.2 Å². The Balaban J connectivity index is 1.71. The normalized spacial score (nSPS) is 12.3. The number of nitrogens with zero attached hydrogens (tertiary/aromatic N) is 4. The Labute approximate surface area is 164 Å². The summed E-state index contributed by atoms with van der Waals surface area (Å²) in [5.41, 5.74) is 2.32. The first-order valence-corrected chi connectivity index (χ1v) is 8.81. The van der Waals surface area contributed by atoms with Gasteiger partial charge in [0.25, 0.3) is 0 Å². The van der Waals surface area contributed by atoms with Gasteiger partial charge in [0, 0.05) is 16.8 Å². The lowest BCUT2D eigenvalue weighted by molar-refractivity contribution is 0.214. The van der Waals surface area contributed by atoms with Gasteiger partial charge in [-0.3, -0.25) is 0 Å². The standard InChI is InChI=1S/C19H14Cl2N4O2/c20-12-5-7-13(8-6-12)24-10-9-16(23-24)18(26)14-3-1-2-4-17(14)25-19(27)15(21)11-22-25/h1-11,18,26-27H. The molecule has 4 rings (SSSR count). The second-order valence-electron chi connectivity index (χ2n) is 5.85. The lowest BCUT2D eigenvalue weighted by Crippen LogP contribution is -2.08. The molecule has 0 saturated carbocycles. The maximum Gasteiger partial charge on any atom is 0.233 e. The summed E-state index contributed by atoms with van der Waals surface area (Å²) in [4.78, 5) is 0. The molecule has 0 aliphatic heterocycles. The Morgan fingerprint density at radius 1 is 0.963 bits per heavy atom. The number of hydrogen-bond donors (Lipinski definition) is 2. The van der Waals surface area contributed by atoms with E-state index in [9.17, 15) is 10.2 Å². The Morgan fingerprint density at radius 2 is 1.70 bits per heavy atom. The Bertz CT molecular complexity index is 1090. The van der Waals surface area contributed by atoms with Crippen LogP contribution in [0.4, 0.5) is 0 Å². The molecule has 2 aromatic heterocycles. The first kappa shape index (κ1) is 17.6. The molecule has 0 spiro atoms. The molecule has 8 heteroatoms. The van der Waals surface area contributed by atoms with Gasteiger partial charge in [0.15, 0.2) is 0 Å². The first-order valence-electron chi connectivity index (χ1n) is 8.06. The molecule has 136 valence electrons. The lowest BCUT2D eigenvalue weighted by atomic mass is 10.0. The number of aliphatic hydroxyl groups excluding tert-OH is 1. The van der Waals surface area contributed by atoms with E-state index in [4.69, 9.17) is 23.2 Å². The molecule has 0 fully saturated rings. The first-order chi connectivity index (χ1) is 13.0. The van der Waals surface area contributed by atoms with E-state index in [-0.39, 0.29) is 10.9 Å². The molecule has 0 radical (unpaired) electrons. The second kappa shape index (κ2) is 7.08. The molecule has 2 heterocycles. The van der Waals surface area contributed by atoms with Crippen molar-refractivity contribution in [2.45, 2.75) is 6.10 Å². The van der Waals surface area contributed by atoms with Crippen LogP contribution in [0.1, 0.15) is 17.4 Å². The van der Waals surface area contributed by atoms with Crippen LogP contribution in [-0.2, 0) is 0 Å². The minimum Gasteiger partial charge on any atom is -0.492 e. The van der Waals surface area contributed by atoms with Crippen molar-refractivity contribution in [3.05, 3.63) is 88.3 Å². The topological polar surface area (TPSA) is 76.1 Å². The van der Waals surface area contributed by atoms with Crippen molar-refractivity contribution in [2.75, 3.05) is 0 Å². The molecule has 0 amide bonds. The van der Waals surface area contributed by atoms with Crippen LogP contribution >= 0.6 is 23.2 Å². The van der Waals surface area contributed by atoms with Crippen molar-refractivity contribution >= 4 is 23.2 Å². The maximum atomic E-state index is 10.9. The van der Waals surface area contributed by atoms with Gasteiger partial charge in [-0.1, -0.05) is 41.4 Å². The Kier molecular flexibility index (Phi) is 4.61. The third-order valence-corrected chi connectivity index (χ3v) is 4.66. The van der Waals surface area contributed by atoms with Crippen LogP contribution in [0.3, 0.4) is 0 Å². The molecular formula is C19H14Cl2N4O2. The average molecular weight is 401 g/mol. The molecular weight excluding hydrogens is 387 g/mol. The van der Waals surface area contributed by atoms with Gasteiger partial charge in [0.2, 0.25) is 5.88 Å². The molecule has 27 heavy (non-hydrogen) atoms. The van der Waals surface area contributed by atoms with Crippen LogP contribution < -0.4 is 0 Å². The summed E-state index contributed by atoms with van der Waals surface area (Å²) >= 11 is 11.8. The van der Waals surface area contributed by atoms with E-state index < -0.39 is 6.10 Å². The van der Waals surface area contributed by atoms with Crippen LogP contribution in [0.25, 0.3) is 11.4 Å². The van der Waals surface area contributed by atoms with E-state index in [0.717, 1.165) is 5.69 Å². The minimum atomic E-state index is -1.02. The molecule has 1 atom stereocenters. The van der Waals surface area contributed by atoms with Gasteiger partial charge in [-0.05, 0) is 36.4 Å². The van der Waals surface area contributed by atoms with E-state index >= 15 is 0 Å². The van der Waals surface area contributed by atoms with Crippen molar-refractivity contribution in [3.63, 3.8) is 0 Å². The summed E-state index contributed by atoms with van der Waals surface area (Å²) in [6, 6.07) is 16.0. The van der Waals surface area contributed by atoms with Gasteiger partial charge in [0.1, 0.15) is 11.1 Å². The predicted octanol–water partition coefficient (Wildman–Crippen LogP) is 4.15. The monoisotopic (exact) mass is 400 g/mol. The highest BCUT2D eigenvalue weighted by Gasteiger charge is 2.20. The fraction of sp³-hybridized carbons (Fsp3) is 0.0526. The van der Waals surface area contributed by atoms with Gasteiger partial charge >= 0.3 is 0 Å². The fourth-order valence-electron chi connectivity index (χ4n) is 2.79. The van der Waals surface area contributed by atoms with E-state index in [1.807, 2.05) is 12.1 Å². The lowest BCUT2D eigenvalue weighted by Gasteiger charge is -2.14. The predicted molar refractivity (Wildman–Crippen MR) is 103 cm³/mol. The SMILES string of the molecule is Oc1c(Cl)cnn1-c1ccccc1C(O)c1ccn(-c2ccc(Cl)cc2)n1. The van der Waals surface area contributed by atoms with Crippen LogP contribution in [0.2, 0.25) is 10.0 Å². The highest BCUT2D eigenvalue weighted by molar-refractivity contribution is 6.31. The van der Waals surface area contributed by atoms with Gasteiger partial charge in [-0.2, -0.15) is 14.9 Å². The number of hydrogen-bond acceptors (Lipinski definition) is 4. The number of rotatable bonds is 4. The molecule has 0 saturated heterocycles. The van der Waals surface area contributed by atoms with Crippen molar-refractivity contribution in [3.8, 4) is 17.3 Å². The number of aliphatic hydroxyl groups is 1. The summed E-state index contributed by atoms with van der Waals surface area (Å²) in [6.45, 7) is 0. The molecule has 4 aromatic rings. The number of halogens is 2. The summed E-state index contributed by atoms with van der Waals surface area (Å²) in [6.07, 6.45) is 2.08. The molecule has 1 unspecified atom stereocenters. The minimum absolute atomic E-state index is 0.131. The van der Waals surface area contributed by atoms with Gasteiger partial charge in [0.05, 0.1) is 23.3 Å². The zero-order valence-electron chi connectivity index (χ0n) is 13.9. The molecule has 6 nitrogen and oxygen atoms in total. The van der Waals surface area contributed by atoms with Crippen molar-refractivity contribution in [1.29, 1.82) is 0 Å². The Hall–Kier alpha value is -2.80. The fourth-order valence-corrected chi connectivity index (χ4v) is 3.04. The smallest absolute Gasteiger partial charge is 0.233 e. The highest BCUT2D eigenvalue weighted by atomic mass is 35.5. The van der Waals surface area contributed by atoms with Gasteiger partial charge in [-0.25, -0.2) is 4.68 Å². The van der Waals surface area contributed by atoms with E-state index in [1.54, 1.807) is 53.3 Å². The van der Waals surface area contributed by atoms with Crippen LogP contribution in [0, 0.1) is 0 Å². The van der Waals surface area contributed by atoms with Crippen LogP contribution in [0.5, 0.6) is 5.88 Å². The third kappa shape index (κ3) is 3.30. The third-order valence-electron chi connectivity index (χ3n) is 4.14. The van der Waals surface area contributed by atoms with E-state index in [0.29, 0.717) is 22.0 Å². The number of para-hydroxylation sites is 1. The van der Waals surface area contributed by atoms with E-state index in [1.165, 1.54) is 10.9 Å². The number of benzene rings is 2. The number of aromatic hydroxyl groups is 1. The molecule has 2 aromatic carbocycles. The quantitative estimate of drug-likeness (QED) is 0.539. The zero-order valence-corrected chi connectivity index (χ0v) is 15.4. The summed E-state index contributed by atoms with van der Waals surface area (Å²) in [5, 5.41) is 30.3. The molecule has 0 bridgehead atoms. The van der Waals surface area contributed by atoms with Crippen molar-refractivity contribution in [1.82, 2.24) is 19.6 Å². The molecule has 0 aliphatic rings. The molecule has 2 N–H and O–H groups in total. The summed E-state index contributed by atoms with van der Waals surface area (Å²) in [7, 11) is 0. The summed E-state index contributed by atoms with van der Waals surface area (Å²) in [5.74, 6) is -0.192. The van der Waals surface area contributed by atoms with E-state index in [2.05, 4.69) is 10.2 Å². The maximum absolute atomic E-state index is 10.9. The highest BCUT2D eigenvalue weighted by Crippen LogP contribution is 2.31. The number of aromatic nitrogens is 4. The van der Waals surface area contributed by atoms with Crippen LogP contribution in [-0.4, -0.2) is 29.8 Å². The van der Waals surface area contributed by atoms with Crippen LogP contribution in [0.15, 0.2) is 67.0 Å². The van der Waals surface area contributed by atoms with Crippen molar-refractivity contribution in [2.24, 2.45) is 0 Å². The molecule has 0 aliphatic carbocycles. The Morgan fingerprint density at radius 3 is 2.41 bits per heavy atom. The summed E-state index contributed by atoms with van der Waals surface area (Å²) < 4.78 is 2.93. The van der Waals surface area contributed by atoms with Gasteiger partial charge < -0.3 is 10.2 Å².